The fourth-order valence-electron chi connectivity index (χ4n) is 4.31. The lowest BCUT2D eigenvalue weighted by Crippen LogP contribution is -2.38. The van der Waals surface area contributed by atoms with Gasteiger partial charge in [0.1, 0.15) is 11.5 Å². The van der Waals surface area contributed by atoms with Crippen LogP contribution in [0.5, 0.6) is 17.2 Å². The maximum absolute atomic E-state index is 13.2. The number of para-hydroxylation sites is 1. The number of benzene rings is 2. The van der Waals surface area contributed by atoms with Gasteiger partial charge in [-0.15, -0.1) is 0 Å². The quantitative estimate of drug-likeness (QED) is 0.374. The number of carbonyl (C=O) groups excluding carboxylic acids is 2. The molecule has 1 amide bonds. The van der Waals surface area contributed by atoms with Crippen molar-refractivity contribution in [1.82, 2.24) is 9.80 Å². The number of ketones is 1. The highest BCUT2D eigenvalue weighted by atomic mass is 16.7. The van der Waals surface area contributed by atoms with Crippen molar-refractivity contribution in [3.63, 3.8) is 0 Å². The number of carbonyl (C=O) groups is 2. The predicted molar refractivity (Wildman–Crippen MR) is 122 cm³/mol. The minimum absolute atomic E-state index is 0.0305. The van der Waals surface area contributed by atoms with Gasteiger partial charge >= 0.3 is 0 Å². The van der Waals surface area contributed by atoms with Crippen molar-refractivity contribution in [1.29, 1.82) is 0 Å². The van der Waals surface area contributed by atoms with Crippen LogP contribution in [0, 0.1) is 0 Å². The molecular formula is C25H28N2O6. The first-order chi connectivity index (χ1) is 16.0. The molecule has 8 heteroatoms. The average molecular weight is 453 g/mol. The number of methoxy groups -OCH3 is 1. The minimum Gasteiger partial charge on any atom is -0.507 e. The number of ether oxygens (including phenoxy) is 3. The monoisotopic (exact) mass is 452 g/mol. The van der Waals surface area contributed by atoms with E-state index in [1.165, 1.54) is 4.90 Å². The summed E-state index contributed by atoms with van der Waals surface area (Å²) in [6.45, 7) is 6.80. The van der Waals surface area contributed by atoms with Crippen molar-refractivity contribution < 1.29 is 28.9 Å². The van der Waals surface area contributed by atoms with Crippen LogP contribution in [0.25, 0.3) is 5.76 Å². The van der Waals surface area contributed by atoms with Crippen molar-refractivity contribution in [3.8, 4) is 17.2 Å². The molecule has 0 aliphatic carbocycles. The maximum Gasteiger partial charge on any atom is 0.295 e. The number of aliphatic hydroxyl groups is 1. The molecule has 0 spiro atoms. The molecule has 0 radical (unpaired) electrons. The third-order valence-corrected chi connectivity index (χ3v) is 6.17. The number of Topliss-reactive ketones (excluding diaryl/α,β-unsaturated/α-hetero) is 1. The molecule has 1 fully saturated rings. The fourth-order valence-corrected chi connectivity index (χ4v) is 4.31. The Morgan fingerprint density at radius 1 is 1.12 bits per heavy atom. The first-order valence-corrected chi connectivity index (χ1v) is 11.0. The molecular weight excluding hydrogens is 424 g/mol. The lowest BCUT2D eigenvalue weighted by molar-refractivity contribution is -0.140. The smallest absolute Gasteiger partial charge is 0.295 e. The van der Waals surface area contributed by atoms with E-state index in [-0.39, 0.29) is 18.1 Å². The van der Waals surface area contributed by atoms with Crippen LogP contribution >= 0.6 is 0 Å². The second kappa shape index (κ2) is 9.54. The van der Waals surface area contributed by atoms with Crippen LogP contribution in [0.2, 0.25) is 0 Å². The van der Waals surface area contributed by atoms with Gasteiger partial charge in [0.05, 0.1) is 18.7 Å². The normalized spacial score (nSPS) is 18.9. The van der Waals surface area contributed by atoms with Crippen LogP contribution in [-0.4, -0.2) is 66.7 Å². The molecule has 1 N–H and O–H groups in total. The molecule has 1 saturated heterocycles. The van der Waals surface area contributed by atoms with E-state index in [4.69, 9.17) is 14.2 Å². The Bertz CT molecular complexity index is 1090. The Labute approximate surface area is 193 Å². The van der Waals surface area contributed by atoms with Crippen molar-refractivity contribution in [3.05, 3.63) is 59.2 Å². The number of rotatable bonds is 8. The van der Waals surface area contributed by atoms with Gasteiger partial charge in [0.15, 0.2) is 11.5 Å². The van der Waals surface area contributed by atoms with E-state index in [9.17, 15) is 14.7 Å². The summed E-state index contributed by atoms with van der Waals surface area (Å²) < 4.78 is 16.3. The lowest BCUT2D eigenvalue weighted by Gasteiger charge is -2.29. The molecule has 8 nitrogen and oxygen atoms in total. The Balaban J connectivity index is 1.82. The number of hydrogen-bond acceptors (Lipinski definition) is 7. The van der Waals surface area contributed by atoms with E-state index in [1.54, 1.807) is 31.4 Å². The molecule has 1 atom stereocenters. The number of nitrogens with zero attached hydrogens (tertiary/aromatic N) is 2. The summed E-state index contributed by atoms with van der Waals surface area (Å²) in [7, 11) is 1.54. The standard InChI is InChI=1S/C25H28N2O6/c1-4-26(5-2)12-13-27-22(17-8-6-7-9-18(17)31-3)21(24(29)25(27)30)23(28)16-10-11-19-20(14-16)33-15-32-19/h6-11,14,22,28H,4-5,12-13,15H2,1-3H3. The van der Waals surface area contributed by atoms with Gasteiger partial charge in [-0.05, 0) is 37.4 Å². The van der Waals surface area contributed by atoms with E-state index < -0.39 is 17.7 Å². The second-order valence-electron chi connectivity index (χ2n) is 7.83. The molecule has 2 aromatic carbocycles. The van der Waals surface area contributed by atoms with Crippen molar-refractivity contribution in [2.24, 2.45) is 0 Å². The van der Waals surface area contributed by atoms with Gasteiger partial charge < -0.3 is 29.1 Å². The van der Waals surface area contributed by atoms with Crippen LogP contribution in [0.4, 0.5) is 0 Å². The van der Waals surface area contributed by atoms with Gasteiger partial charge in [-0.1, -0.05) is 32.0 Å². The zero-order valence-corrected chi connectivity index (χ0v) is 19.0. The van der Waals surface area contributed by atoms with Crippen LogP contribution in [0.3, 0.4) is 0 Å². The Hall–Kier alpha value is -3.52. The Kier molecular flexibility index (Phi) is 6.55. The van der Waals surface area contributed by atoms with E-state index in [0.717, 1.165) is 13.1 Å². The van der Waals surface area contributed by atoms with Crippen LogP contribution in [-0.2, 0) is 9.59 Å². The van der Waals surface area contributed by atoms with Crippen LogP contribution in [0.1, 0.15) is 31.0 Å². The summed E-state index contributed by atoms with van der Waals surface area (Å²) in [6.07, 6.45) is 0. The molecule has 4 rings (SSSR count). The molecule has 0 bridgehead atoms. The summed E-state index contributed by atoms with van der Waals surface area (Å²) in [6, 6.07) is 11.4. The van der Waals surface area contributed by atoms with Crippen molar-refractivity contribution in [2.75, 3.05) is 40.1 Å². The fraction of sp³-hybridized carbons (Fsp3) is 0.360. The van der Waals surface area contributed by atoms with Crippen LogP contribution in [0.15, 0.2) is 48.0 Å². The second-order valence-corrected chi connectivity index (χ2v) is 7.83. The molecule has 2 heterocycles. The van der Waals surface area contributed by atoms with Gasteiger partial charge in [-0.3, -0.25) is 9.59 Å². The highest BCUT2D eigenvalue weighted by Gasteiger charge is 2.47. The largest absolute Gasteiger partial charge is 0.507 e. The number of likely N-dealkylation sites (tertiary alicyclic amines) is 1. The number of fused-ring (bicyclic) bond motifs is 1. The number of aliphatic hydroxyl groups excluding tert-OH is 1. The molecule has 2 aliphatic rings. The van der Waals surface area contributed by atoms with Gasteiger partial charge in [0, 0.05) is 24.2 Å². The molecule has 2 aliphatic heterocycles. The Morgan fingerprint density at radius 2 is 1.85 bits per heavy atom. The summed E-state index contributed by atoms with van der Waals surface area (Å²) in [5.41, 5.74) is 1.05. The molecule has 1 unspecified atom stereocenters. The third-order valence-electron chi connectivity index (χ3n) is 6.17. The number of hydrogen-bond donors (Lipinski definition) is 1. The van der Waals surface area contributed by atoms with E-state index in [1.807, 2.05) is 18.2 Å². The average Bonchev–Trinajstić information content (AvgIpc) is 3.41. The first kappa shape index (κ1) is 22.7. The highest BCUT2D eigenvalue weighted by molar-refractivity contribution is 6.46. The Morgan fingerprint density at radius 3 is 2.58 bits per heavy atom. The zero-order valence-electron chi connectivity index (χ0n) is 19.0. The van der Waals surface area contributed by atoms with Gasteiger partial charge in [0.2, 0.25) is 6.79 Å². The molecule has 0 saturated carbocycles. The van der Waals surface area contributed by atoms with Crippen molar-refractivity contribution >= 4 is 17.4 Å². The van der Waals surface area contributed by atoms with Crippen LogP contribution < -0.4 is 14.2 Å². The zero-order chi connectivity index (χ0) is 23.5. The topological polar surface area (TPSA) is 88.5 Å². The number of likely N-dealkylation sites (N-methyl/N-ethyl adjacent to an activating group) is 1. The van der Waals surface area contributed by atoms with Crippen molar-refractivity contribution in [2.45, 2.75) is 19.9 Å². The SMILES string of the molecule is CCN(CC)CCN1C(=O)C(=O)C(=C(O)c2ccc3c(c2)OCO3)C1c1ccccc1OC. The van der Waals surface area contributed by atoms with Gasteiger partial charge in [0.25, 0.3) is 11.7 Å². The molecule has 0 aromatic heterocycles. The minimum atomic E-state index is -0.776. The summed E-state index contributed by atoms with van der Waals surface area (Å²) >= 11 is 0. The van der Waals surface area contributed by atoms with Gasteiger partial charge in [-0.2, -0.15) is 0 Å². The third kappa shape index (κ3) is 4.14. The van der Waals surface area contributed by atoms with E-state index >= 15 is 0 Å². The molecule has 33 heavy (non-hydrogen) atoms. The van der Waals surface area contributed by atoms with E-state index in [0.29, 0.717) is 41.5 Å². The predicted octanol–water partition coefficient (Wildman–Crippen LogP) is 3.19. The highest BCUT2D eigenvalue weighted by Crippen LogP contribution is 2.43. The summed E-state index contributed by atoms with van der Waals surface area (Å²) in [4.78, 5) is 30.1. The summed E-state index contributed by atoms with van der Waals surface area (Å²) in [5.74, 6) is -0.0427. The molecule has 174 valence electrons. The van der Waals surface area contributed by atoms with E-state index in [2.05, 4.69) is 18.7 Å². The maximum atomic E-state index is 13.2. The summed E-state index contributed by atoms with van der Waals surface area (Å²) in [5, 5.41) is 11.3. The number of amides is 1. The van der Waals surface area contributed by atoms with Gasteiger partial charge in [-0.25, -0.2) is 0 Å². The first-order valence-electron chi connectivity index (χ1n) is 11.0. The lowest BCUT2D eigenvalue weighted by atomic mass is 9.94. The molecule has 2 aromatic rings.